The first-order chi connectivity index (χ1) is 14.0. The fourth-order valence-electron chi connectivity index (χ4n) is 3.07. The summed E-state index contributed by atoms with van der Waals surface area (Å²) in [5, 5.41) is 17.2. The molecule has 6 heteroatoms. The van der Waals surface area contributed by atoms with Gasteiger partial charge in [-0.25, -0.2) is 0 Å². The molecule has 0 heterocycles. The van der Waals surface area contributed by atoms with E-state index in [1.165, 1.54) is 17.7 Å². The summed E-state index contributed by atoms with van der Waals surface area (Å²) in [6.45, 7) is 4.50. The average Bonchev–Trinajstić information content (AvgIpc) is 2.74. The number of hydrogen-bond acceptors (Lipinski definition) is 4. The first-order valence-electron chi connectivity index (χ1n) is 9.45. The third-order valence-electron chi connectivity index (χ3n) is 4.75. The van der Waals surface area contributed by atoms with Gasteiger partial charge in [0, 0.05) is 29.9 Å². The van der Waals surface area contributed by atoms with Gasteiger partial charge in [0.1, 0.15) is 0 Å². The van der Waals surface area contributed by atoms with Crippen molar-refractivity contribution in [1.82, 2.24) is 0 Å². The van der Waals surface area contributed by atoms with E-state index < -0.39 is 4.92 Å². The molecular formula is C23H23N3O3. The number of rotatable bonds is 7. The topological polar surface area (TPSA) is 84.3 Å². The molecule has 6 nitrogen and oxygen atoms in total. The van der Waals surface area contributed by atoms with Crippen LogP contribution in [0.3, 0.4) is 0 Å². The van der Waals surface area contributed by atoms with Crippen molar-refractivity contribution in [2.24, 2.45) is 0 Å². The van der Waals surface area contributed by atoms with Crippen molar-refractivity contribution in [2.45, 2.75) is 26.8 Å². The molecule has 0 radical (unpaired) electrons. The van der Waals surface area contributed by atoms with Crippen molar-refractivity contribution >= 4 is 23.0 Å². The van der Waals surface area contributed by atoms with Gasteiger partial charge in [-0.1, -0.05) is 43.3 Å². The summed E-state index contributed by atoms with van der Waals surface area (Å²) in [4.78, 5) is 23.2. The second kappa shape index (κ2) is 9.01. The lowest BCUT2D eigenvalue weighted by molar-refractivity contribution is -0.384. The average molecular weight is 389 g/mol. The Bertz CT molecular complexity index is 1050. The molecule has 2 N–H and O–H groups in total. The molecule has 0 aliphatic carbocycles. The molecular weight excluding hydrogens is 366 g/mol. The maximum absolute atomic E-state index is 12.7. The van der Waals surface area contributed by atoms with Crippen LogP contribution in [0.25, 0.3) is 0 Å². The second-order valence-electron chi connectivity index (χ2n) is 6.78. The Balaban J connectivity index is 1.73. The van der Waals surface area contributed by atoms with E-state index in [4.69, 9.17) is 0 Å². The smallest absolute Gasteiger partial charge is 0.271 e. The molecule has 0 saturated carbocycles. The summed E-state index contributed by atoms with van der Waals surface area (Å²) in [5.41, 5.74) is 4.93. The Labute approximate surface area is 169 Å². The molecule has 0 aliphatic rings. The van der Waals surface area contributed by atoms with Crippen LogP contribution in [0, 0.1) is 17.0 Å². The normalized spacial score (nSPS) is 10.4. The van der Waals surface area contributed by atoms with Gasteiger partial charge < -0.3 is 10.6 Å². The Morgan fingerprint density at radius 3 is 2.55 bits per heavy atom. The fourth-order valence-corrected chi connectivity index (χ4v) is 3.07. The van der Waals surface area contributed by atoms with Crippen LogP contribution >= 0.6 is 0 Å². The Hall–Kier alpha value is -3.67. The van der Waals surface area contributed by atoms with E-state index in [-0.39, 0.29) is 11.6 Å². The molecule has 0 spiro atoms. The lowest BCUT2D eigenvalue weighted by Gasteiger charge is -2.12. The standard InChI is InChI=1S/C23H23N3O3/c1-3-18-8-4-5-10-21(18)24-15-17-7-6-9-19(13-17)23(27)25-22-14-20(26(28)29)12-11-16(22)2/h4-14,24H,3,15H2,1-2H3,(H,25,27). The van der Waals surface area contributed by atoms with E-state index in [2.05, 4.69) is 23.6 Å². The molecule has 3 aromatic carbocycles. The highest BCUT2D eigenvalue weighted by molar-refractivity contribution is 6.04. The molecule has 1 amide bonds. The minimum absolute atomic E-state index is 0.0570. The quantitative estimate of drug-likeness (QED) is 0.422. The predicted octanol–water partition coefficient (Wildman–Crippen LogP) is 5.33. The maximum atomic E-state index is 12.7. The summed E-state index contributed by atoms with van der Waals surface area (Å²) in [6, 6.07) is 19.9. The molecule has 0 atom stereocenters. The van der Waals surface area contributed by atoms with Crippen LogP contribution < -0.4 is 10.6 Å². The number of para-hydroxylation sites is 1. The summed E-state index contributed by atoms with van der Waals surface area (Å²) in [5.74, 6) is -0.301. The number of non-ortho nitro benzene ring substituents is 1. The number of anilines is 2. The predicted molar refractivity (Wildman–Crippen MR) is 115 cm³/mol. The van der Waals surface area contributed by atoms with Crippen LogP contribution in [0.1, 0.15) is 34.0 Å². The number of benzene rings is 3. The number of carbonyl (C=O) groups is 1. The number of aryl methyl sites for hydroxylation is 2. The highest BCUT2D eigenvalue weighted by Gasteiger charge is 2.13. The zero-order valence-electron chi connectivity index (χ0n) is 16.4. The molecule has 3 rings (SSSR count). The third kappa shape index (κ3) is 4.99. The van der Waals surface area contributed by atoms with Gasteiger partial charge in [0.05, 0.1) is 10.6 Å². The lowest BCUT2D eigenvalue weighted by atomic mass is 10.1. The third-order valence-corrected chi connectivity index (χ3v) is 4.75. The van der Waals surface area contributed by atoms with Gasteiger partial charge in [-0.3, -0.25) is 14.9 Å². The van der Waals surface area contributed by atoms with Gasteiger partial charge in [-0.2, -0.15) is 0 Å². The zero-order valence-corrected chi connectivity index (χ0v) is 16.4. The van der Waals surface area contributed by atoms with Gasteiger partial charge in [0.25, 0.3) is 11.6 Å². The number of nitrogens with one attached hydrogen (secondary N) is 2. The molecule has 148 valence electrons. The van der Waals surface area contributed by atoms with Gasteiger partial charge >= 0.3 is 0 Å². The monoisotopic (exact) mass is 389 g/mol. The minimum Gasteiger partial charge on any atom is -0.381 e. The van der Waals surface area contributed by atoms with Crippen molar-refractivity contribution in [3.05, 3.63) is 99.1 Å². The Kier molecular flexibility index (Phi) is 6.24. The summed E-state index contributed by atoms with van der Waals surface area (Å²) < 4.78 is 0. The highest BCUT2D eigenvalue weighted by atomic mass is 16.6. The van der Waals surface area contributed by atoms with E-state index in [1.807, 2.05) is 36.4 Å². The van der Waals surface area contributed by atoms with Crippen LogP contribution in [-0.2, 0) is 13.0 Å². The number of nitrogens with zero attached hydrogens (tertiary/aromatic N) is 1. The SMILES string of the molecule is CCc1ccccc1NCc1cccc(C(=O)Nc2cc([N+](=O)[O-])ccc2C)c1. The zero-order chi connectivity index (χ0) is 20.8. The lowest BCUT2D eigenvalue weighted by Crippen LogP contribution is -2.13. The van der Waals surface area contributed by atoms with Crippen LogP contribution in [0.2, 0.25) is 0 Å². The van der Waals surface area contributed by atoms with Crippen molar-refractivity contribution in [3.8, 4) is 0 Å². The van der Waals surface area contributed by atoms with Crippen LogP contribution in [0.5, 0.6) is 0 Å². The van der Waals surface area contributed by atoms with Gasteiger partial charge in [0.2, 0.25) is 0 Å². The largest absolute Gasteiger partial charge is 0.381 e. The van der Waals surface area contributed by atoms with Gasteiger partial charge in [-0.05, 0) is 48.2 Å². The maximum Gasteiger partial charge on any atom is 0.271 e. The van der Waals surface area contributed by atoms with Gasteiger partial charge in [-0.15, -0.1) is 0 Å². The molecule has 0 unspecified atom stereocenters. The number of carbonyl (C=O) groups excluding carboxylic acids is 1. The second-order valence-corrected chi connectivity index (χ2v) is 6.78. The van der Waals surface area contributed by atoms with E-state index in [9.17, 15) is 14.9 Å². The van der Waals surface area contributed by atoms with Crippen molar-refractivity contribution in [3.63, 3.8) is 0 Å². The van der Waals surface area contributed by atoms with Crippen molar-refractivity contribution in [2.75, 3.05) is 10.6 Å². The number of amides is 1. The fraction of sp³-hybridized carbons (Fsp3) is 0.174. The van der Waals surface area contributed by atoms with E-state index in [1.54, 1.807) is 19.1 Å². The number of nitro benzene ring substituents is 1. The van der Waals surface area contributed by atoms with Crippen LogP contribution in [0.15, 0.2) is 66.7 Å². The summed E-state index contributed by atoms with van der Waals surface area (Å²) >= 11 is 0. The van der Waals surface area contributed by atoms with Crippen molar-refractivity contribution in [1.29, 1.82) is 0 Å². The van der Waals surface area contributed by atoms with Crippen LogP contribution in [0.4, 0.5) is 17.1 Å². The number of nitro groups is 1. The highest BCUT2D eigenvalue weighted by Crippen LogP contribution is 2.23. The Morgan fingerprint density at radius 2 is 1.79 bits per heavy atom. The molecule has 3 aromatic rings. The number of hydrogen-bond donors (Lipinski definition) is 2. The Morgan fingerprint density at radius 1 is 1.00 bits per heavy atom. The van der Waals surface area contributed by atoms with E-state index in [0.29, 0.717) is 17.8 Å². The molecule has 0 saturated heterocycles. The van der Waals surface area contributed by atoms with Crippen molar-refractivity contribution < 1.29 is 9.72 Å². The molecule has 0 aromatic heterocycles. The molecule has 0 bridgehead atoms. The van der Waals surface area contributed by atoms with Gasteiger partial charge in [0.15, 0.2) is 0 Å². The van der Waals surface area contributed by atoms with Crippen LogP contribution in [-0.4, -0.2) is 10.8 Å². The van der Waals surface area contributed by atoms with E-state index >= 15 is 0 Å². The molecule has 0 fully saturated rings. The summed E-state index contributed by atoms with van der Waals surface area (Å²) in [6.07, 6.45) is 0.939. The minimum atomic E-state index is -0.477. The first kappa shape index (κ1) is 20.1. The first-order valence-corrected chi connectivity index (χ1v) is 9.45. The summed E-state index contributed by atoms with van der Waals surface area (Å²) in [7, 11) is 0. The van der Waals surface area contributed by atoms with E-state index in [0.717, 1.165) is 23.2 Å². The molecule has 0 aliphatic heterocycles. The molecule has 29 heavy (non-hydrogen) atoms.